The second kappa shape index (κ2) is 6.99. The van der Waals surface area contributed by atoms with Gasteiger partial charge in [0.05, 0.1) is 5.69 Å². The quantitative estimate of drug-likeness (QED) is 0.642. The second-order valence-corrected chi connectivity index (χ2v) is 6.20. The Bertz CT molecular complexity index is 934. The molecule has 0 aliphatic rings. The van der Waals surface area contributed by atoms with Gasteiger partial charge in [-0.25, -0.2) is 0 Å². The van der Waals surface area contributed by atoms with Gasteiger partial charge in [-0.2, -0.15) is 5.10 Å². The molecule has 0 saturated heterocycles. The Balaban J connectivity index is 1.83. The molecule has 0 unspecified atom stereocenters. The lowest BCUT2D eigenvalue weighted by atomic mass is 10.1. The number of hydrogen-bond acceptors (Lipinski definition) is 3. The van der Waals surface area contributed by atoms with Crippen molar-refractivity contribution in [3.05, 3.63) is 64.3 Å². The van der Waals surface area contributed by atoms with Gasteiger partial charge in [0.15, 0.2) is 0 Å². The number of nitrogens with one attached hydrogen (secondary N) is 2. The number of halogens is 1. The Hall–Kier alpha value is -2.79. The van der Waals surface area contributed by atoms with Gasteiger partial charge >= 0.3 is 0 Å². The van der Waals surface area contributed by atoms with Crippen LogP contribution in [0.2, 0.25) is 5.02 Å². The summed E-state index contributed by atoms with van der Waals surface area (Å²) in [6.07, 6.45) is 0.846. The molecule has 128 valence electrons. The molecule has 1 heterocycles. The lowest BCUT2D eigenvalue weighted by molar-refractivity contribution is 0.102. The van der Waals surface area contributed by atoms with E-state index < -0.39 is 0 Å². The van der Waals surface area contributed by atoms with E-state index in [2.05, 4.69) is 15.5 Å². The summed E-state index contributed by atoms with van der Waals surface area (Å²) in [5.74, 6) is -0.203. The van der Waals surface area contributed by atoms with E-state index in [1.54, 1.807) is 24.3 Å². The minimum Gasteiger partial charge on any atom is -0.507 e. The maximum absolute atomic E-state index is 12.4. The summed E-state index contributed by atoms with van der Waals surface area (Å²) in [5, 5.41) is 20.3. The van der Waals surface area contributed by atoms with E-state index in [1.165, 1.54) is 0 Å². The predicted molar refractivity (Wildman–Crippen MR) is 99.2 cm³/mol. The van der Waals surface area contributed by atoms with Gasteiger partial charge in [-0.3, -0.25) is 9.89 Å². The third-order valence-corrected chi connectivity index (χ3v) is 4.40. The van der Waals surface area contributed by atoms with E-state index >= 15 is 0 Å². The fourth-order valence-corrected chi connectivity index (χ4v) is 2.63. The molecule has 0 spiro atoms. The van der Waals surface area contributed by atoms with Gasteiger partial charge in [0, 0.05) is 16.3 Å². The average Bonchev–Trinajstić information content (AvgIpc) is 3.08. The number of nitrogens with zero attached hydrogens (tertiary/aromatic N) is 1. The van der Waals surface area contributed by atoms with Gasteiger partial charge in [0.25, 0.3) is 5.91 Å². The van der Waals surface area contributed by atoms with Crippen LogP contribution in [0, 0.1) is 6.92 Å². The second-order valence-electron chi connectivity index (χ2n) is 5.79. The Morgan fingerprint density at radius 1 is 1.24 bits per heavy atom. The largest absolute Gasteiger partial charge is 0.507 e. The molecular formula is C19H18ClN3O2. The van der Waals surface area contributed by atoms with Gasteiger partial charge in [0.1, 0.15) is 11.4 Å². The first-order valence-electron chi connectivity index (χ1n) is 7.93. The lowest BCUT2D eigenvalue weighted by Crippen LogP contribution is -2.12. The Morgan fingerprint density at radius 2 is 2.04 bits per heavy atom. The summed E-state index contributed by atoms with van der Waals surface area (Å²) in [6.45, 7) is 3.93. The maximum Gasteiger partial charge on any atom is 0.273 e. The summed E-state index contributed by atoms with van der Waals surface area (Å²) < 4.78 is 0. The molecule has 5 nitrogen and oxygen atoms in total. The van der Waals surface area contributed by atoms with Crippen molar-refractivity contribution >= 4 is 23.2 Å². The number of phenolic OH excluding ortho intramolecular Hbond substituents is 1. The minimum absolute atomic E-state index is 0.126. The highest BCUT2D eigenvalue weighted by atomic mass is 35.5. The van der Waals surface area contributed by atoms with Crippen LogP contribution in [0.15, 0.2) is 42.5 Å². The van der Waals surface area contributed by atoms with Crippen LogP contribution in [0.3, 0.4) is 0 Å². The van der Waals surface area contributed by atoms with Crippen molar-refractivity contribution in [2.45, 2.75) is 20.3 Å². The van der Waals surface area contributed by atoms with Crippen LogP contribution in [0.25, 0.3) is 11.3 Å². The number of phenols is 1. The highest BCUT2D eigenvalue weighted by Gasteiger charge is 2.14. The number of amides is 1. The monoisotopic (exact) mass is 355 g/mol. The third kappa shape index (κ3) is 3.67. The van der Waals surface area contributed by atoms with Crippen molar-refractivity contribution in [3.8, 4) is 17.0 Å². The molecule has 0 bridgehead atoms. The zero-order valence-electron chi connectivity index (χ0n) is 13.9. The first kappa shape index (κ1) is 17.0. The highest BCUT2D eigenvalue weighted by molar-refractivity contribution is 6.31. The molecule has 25 heavy (non-hydrogen) atoms. The maximum atomic E-state index is 12.4. The number of anilines is 1. The Kier molecular flexibility index (Phi) is 4.76. The molecule has 2 aromatic carbocycles. The first-order chi connectivity index (χ1) is 12.0. The molecule has 0 saturated carbocycles. The fraction of sp³-hybridized carbons (Fsp3) is 0.158. The van der Waals surface area contributed by atoms with Crippen molar-refractivity contribution in [2.24, 2.45) is 0 Å². The molecule has 0 radical (unpaired) electrons. The van der Waals surface area contributed by atoms with Crippen LogP contribution in [0.4, 0.5) is 5.69 Å². The number of carbonyl (C=O) groups excluding carboxylic acids is 1. The fourth-order valence-electron chi connectivity index (χ4n) is 2.45. The number of aromatic nitrogens is 2. The van der Waals surface area contributed by atoms with E-state index in [1.807, 2.05) is 32.0 Å². The van der Waals surface area contributed by atoms with Crippen LogP contribution < -0.4 is 5.32 Å². The first-order valence-corrected chi connectivity index (χ1v) is 8.31. The number of hydrogen-bond donors (Lipinski definition) is 3. The zero-order valence-corrected chi connectivity index (χ0v) is 14.7. The molecule has 0 fully saturated rings. The smallest absolute Gasteiger partial charge is 0.273 e. The SMILES string of the molecule is CCc1ccc(O)c(-c2cc(C(=O)Nc3ccc(C)c(Cl)c3)[nH]n2)c1. The number of rotatable bonds is 4. The molecule has 3 aromatic rings. The van der Waals surface area contributed by atoms with Crippen molar-refractivity contribution in [3.63, 3.8) is 0 Å². The number of H-pyrrole nitrogens is 1. The standard InChI is InChI=1S/C19H18ClN3O2/c1-3-12-5-7-18(24)14(8-12)16-10-17(23-22-16)19(25)21-13-6-4-11(2)15(20)9-13/h4-10,24H,3H2,1-2H3,(H,21,25)(H,22,23). The van der Waals surface area contributed by atoms with E-state index in [4.69, 9.17) is 11.6 Å². The van der Waals surface area contributed by atoms with Gasteiger partial charge in [0.2, 0.25) is 0 Å². The third-order valence-electron chi connectivity index (χ3n) is 4.00. The summed E-state index contributed by atoms with van der Waals surface area (Å²) in [5.41, 5.74) is 4.03. The topological polar surface area (TPSA) is 78.0 Å². The molecular weight excluding hydrogens is 338 g/mol. The van der Waals surface area contributed by atoms with Gasteiger partial charge in [-0.15, -0.1) is 0 Å². The number of aryl methyl sites for hydroxylation is 2. The Labute approximate surface area is 150 Å². The van der Waals surface area contributed by atoms with Crippen molar-refractivity contribution in [1.29, 1.82) is 0 Å². The van der Waals surface area contributed by atoms with Crippen molar-refractivity contribution in [1.82, 2.24) is 10.2 Å². The summed E-state index contributed by atoms with van der Waals surface area (Å²) >= 11 is 6.07. The van der Waals surface area contributed by atoms with Crippen LogP contribution in [-0.2, 0) is 6.42 Å². The van der Waals surface area contributed by atoms with Gasteiger partial charge < -0.3 is 10.4 Å². The normalized spacial score (nSPS) is 10.7. The summed E-state index contributed by atoms with van der Waals surface area (Å²) in [6, 6.07) is 12.3. The Morgan fingerprint density at radius 3 is 2.76 bits per heavy atom. The number of aromatic hydroxyl groups is 1. The van der Waals surface area contributed by atoms with Gasteiger partial charge in [-0.05, 0) is 54.8 Å². The average molecular weight is 356 g/mol. The number of aromatic amines is 1. The summed E-state index contributed by atoms with van der Waals surface area (Å²) in [7, 11) is 0. The van der Waals surface area contributed by atoms with E-state index in [0.29, 0.717) is 27.7 Å². The van der Waals surface area contributed by atoms with Crippen molar-refractivity contribution in [2.75, 3.05) is 5.32 Å². The molecule has 0 aliphatic carbocycles. The van der Waals surface area contributed by atoms with Crippen LogP contribution >= 0.6 is 11.6 Å². The van der Waals surface area contributed by atoms with E-state index in [0.717, 1.165) is 17.5 Å². The zero-order chi connectivity index (χ0) is 18.0. The lowest BCUT2D eigenvalue weighted by Gasteiger charge is -2.05. The highest BCUT2D eigenvalue weighted by Crippen LogP contribution is 2.29. The predicted octanol–water partition coefficient (Wildman–Crippen LogP) is 4.56. The molecule has 6 heteroatoms. The molecule has 1 aromatic heterocycles. The van der Waals surface area contributed by atoms with Crippen LogP contribution in [-0.4, -0.2) is 21.2 Å². The van der Waals surface area contributed by atoms with Crippen LogP contribution in [0.5, 0.6) is 5.75 Å². The molecule has 3 rings (SSSR count). The van der Waals surface area contributed by atoms with Gasteiger partial charge in [-0.1, -0.05) is 30.7 Å². The van der Waals surface area contributed by atoms with E-state index in [9.17, 15) is 9.90 Å². The van der Waals surface area contributed by atoms with Crippen LogP contribution in [0.1, 0.15) is 28.5 Å². The number of benzene rings is 2. The number of carbonyl (C=O) groups is 1. The van der Waals surface area contributed by atoms with E-state index in [-0.39, 0.29) is 11.7 Å². The molecule has 0 aliphatic heterocycles. The minimum atomic E-state index is -0.329. The molecule has 0 atom stereocenters. The molecule has 3 N–H and O–H groups in total. The molecule has 1 amide bonds. The summed E-state index contributed by atoms with van der Waals surface area (Å²) in [4.78, 5) is 12.4. The van der Waals surface area contributed by atoms with Crippen molar-refractivity contribution < 1.29 is 9.90 Å².